The fraction of sp³-hybridized carbons (Fsp3) is 0.462. The zero-order valence-electron chi connectivity index (χ0n) is 10.1. The first-order valence-electron chi connectivity index (χ1n) is 5.63. The molecule has 0 heterocycles. The molecule has 1 aromatic rings. The van der Waals surface area contributed by atoms with Crippen molar-refractivity contribution in [3.8, 4) is 5.75 Å². The summed E-state index contributed by atoms with van der Waals surface area (Å²) in [7, 11) is 1.77. The fourth-order valence-electron chi connectivity index (χ4n) is 1.66. The smallest absolute Gasteiger partial charge is 0.257 e. The molecule has 1 atom stereocenters. The van der Waals surface area contributed by atoms with E-state index in [9.17, 15) is 9.90 Å². The largest absolute Gasteiger partial charge is 0.507 e. The summed E-state index contributed by atoms with van der Waals surface area (Å²) < 4.78 is 0. The van der Waals surface area contributed by atoms with Crippen LogP contribution in [0.25, 0.3) is 0 Å². The van der Waals surface area contributed by atoms with Crippen molar-refractivity contribution in [2.75, 3.05) is 7.05 Å². The molecule has 1 unspecified atom stereocenters. The molecule has 88 valence electrons. The molecular formula is C13H19NO2. The van der Waals surface area contributed by atoms with Gasteiger partial charge in [-0.25, -0.2) is 0 Å². The van der Waals surface area contributed by atoms with E-state index in [2.05, 4.69) is 6.92 Å². The molecule has 16 heavy (non-hydrogen) atoms. The number of phenolic OH excluding ortho intramolecular Hbond substituents is 1. The van der Waals surface area contributed by atoms with Gasteiger partial charge < -0.3 is 10.0 Å². The molecule has 0 saturated carbocycles. The van der Waals surface area contributed by atoms with Gasteiger partial charge in [0.25, 0.3) is 5.91 Å². The van der Waals surface area contributed by atoms with Crippen LogP contribution in [0.4, 0.5) is 0 Å². The Hall–Kier alpha value is -1.51. The fourth-order valence-corrected chi connectivity index (χ4v) is 1.66. The van der Waals surface area contributed by atoms with Gasteiger partial charge in [0.1, 0.15) is 5.75 Å². The maximum atomic E-state index is 12.0. The van der Waals surface area contributed by atoms with Crippen LogP contribution in [-0.4, -0.2) is 29.0 Å². The van der Waals surface area contributed by atoms with Gasteiger partial charge in [0.2, 0.25) is 0 Å². The number of hydrogen-bond donors (Lipinski definition) is 1. The number of nitrogens with zero attached hydrogens (tertiary/aromatic N) is 1. The van der Waals surface area contributed by atoms with Crippen LogP contribution < -0.4 is 0 Å². The minimum atomic E-state index is -0.126. The second-order valence-electron chi connectivity index (χ2n) is 4.07. The minimum absolute atomic E-state index is 0.0445. The zero-order chi connectivity index (χ0) is 12.1. The summed E-state index contributed by atoms with van der Waals surface area (Å²) in [4.78, 5) is 13.7. The Bertz CT molecular complexity index is 363. The third-order valence-corrected chi connectivity index (χ3v) is 2.82. The molecule has 0 fully saturated rings. The van der Waals surface area contributed by atoms with Gasteiger partial charge in [0.15, 0.2) is 0 Å². The van der Waals surface area contributed by atoms with Crippen LogP contribution in [0.3, 0.4) is 0 Å². The Morgan fingerprint density at radius 1 is 1.44 bits per heavy atom. The molecule has 0 radical (unpaired) electrons. The van der Waals surface area contributed by atoms with E-state index >= 15 is 0 Å². The van der Waals surface area contributed by atoms with Crippen LogP contribution in [0.15, 0.2) is 24.3 Å². The highest BCUT2D eigenvalue weighted by Crippen LogP contribution is 2.19. The number of para-hydroxylation sites is 1. The van der Waals surface area contributed by atoms with E-state index in [-0.39, 0.29) is 17.7 Å². The second-order valence-corrected chi connectivity index (χ2v) is 4.07. The number of aromatic hydroxyl groups is 1. The summed E-state index contributed by atoms with van der Waals surface area (Å²) in [5.41, 5.74) is 0.368. The van der Waals surface area contributed by atoms with E-state index in [0.29, 0.717) is 5.56 Å². The average Bonchev–Trinajstić information content (AvgIpc) is 2.28. The predicted octanol–water partition coefficient (Wildman–Crippen LogP) is 2.65. The van der Waals surface area contributed by atoms with Crippen LogP contribution in [-0.2, 0) is 0 Å². The Kier molecular flexibility index (Phi) is 4.35. The highest BCUT2D eigenvalue weighted by atomic mass is 16.3. The van der Waals surface area contributed by atoms with E-state index in [0.717, 1.165) is 12.8 Å². The van der Waals surface area contributed by atoms with Gasteiger partial charge in [-0.1, -0.05) is 25.5 Å². The van der Waals surface area contributed by atoms with Crippen LogP contribution in [0, 0.1) is 0 Å². The van der Waals surface area contributed by atoms with Crippen LogP contribution in [0.5, 0.6) is 5.75 Å². The van der Waals surface area contributed by atoms with Gasteiger partial charge in [-0.15, -0.1) is 0 Å². The second kappa shape index (κ2) is 5.54. The zero-order valence-corrected chi connectivity index (χ0v) is 10.1. The van der Waals surface area contributed by atoms with Crippen LogP contribution >= 0.6 is 0 Å². The third-order valence-electron chi connectivity index (χ3n) is 2.82. The molecule has 1 N–H and O–H groups in total. The van der Waals surface area contributed by atoms with Crippen molar-refractivity contribution in [2.45, 2.75) is 32.7 Å². The summed E-state index contributed by atoms with van der Waals surface area (Å²) >= 11 is 0. The molecule has 0 aromatic heterocycles. The molecule has 1 rings (SSSR count). The maximum Gasteiger partial charge on any atom is 0.257 e. The van der Waals surface area contributed by atoms with Gasteiger partial charge in [-0.05, 0) is 25.5 Å². The monoisotopic (exact) mass is 221 g/mol. The lowest BCUT2D eigenvalue weighted by Gasteiger charge is -2.24. The maximum absolute atomic E-state index is 12.0. The van der Waals surface area contributed by atoms with Crippen molar-refractivity contribution in [2.24, 2.45) is 0 Å². The van der Waals surface area contributed by atoms with Gasteiger partial charge in [-0.2, -0.15) is 0 Å². The number of carbonyl (C=O) groups excluding carboxylic acids is 1. The summed E-state index contributed by atoms with van der Waals surface area (Å²) in [6.07, 6.45) is 2.01. The standard InChI is InChI=1S/C13H19NO2/c1-4-7-10(2)14(3)13(16)11-8-5-6-9-12(11)15/h5-6,8-10,15H,4,7H2,1-3H3. The van der Waals surface area contributed by atoms with E-state index in [1.54, 1.807) is 30.1 Å². The average molecular weight is 221 g/mol. The lowest BCUT2D eigenvalue weighted by molar-refractivity contribution is 0.0734. The number of phenols is 1. The highest BCUT2D eigenvalue weighted by Gasteiger charge is 2.18. The summed E-state index contributed by atoms with van der Waals surface area (Å²) in [5.74, 6) is -0.0814. The number of amides is 1. The quantitative estimate of drug-likeness (QED) is 0.849. The lowest BCUT2D eigenvalue weighted by atomic mass is 10.1. The first-order valence-corrected chi connectivity index (χ1v) is 5.63. The van der Waals surface area contributed by atoms with Gasteiger partial charge in [-0.3, -0.25) is 4.79 Å². The van der Waals surface area contributed by atoms with Crippen molar-refractivity contribution in [1.82, 2.24) is 4.90 Å². The lowest BCUT2D eigenvalue weighted by Crippen LogP contribution is -2.34. The van der Waals surface area contributed by atoms with Crippen LogP contribution in [0.1, 0.15) is 37.0 Å². The predicted molar refractivity (Wildman–Crippen MR) is 64.6 cm³/mol. The third kappa shape index (κ3) is 2.75. The molecule has 0 bridgehead atoms. The van der Waals surface area contributed by atoms with E-state index < -0.39 is 0 Å². The Morgan fingerprint density at radius 3 is 2.62 bits per heavy atom. The van der Waals surface area contributed by atoms with Crippen molar-refractivity contribution >= 4 is 5.91 Å². The van der Waals surface area contributed by atoms with Crippen molar-refractivity contribution < 1.29 is 9.90 Å². The Labute approximate surface area is 96.7 Å². The van der Waals surface area contributed by atoms with Crippen molar-refractivity contribution in [3.05, 3.63) is 29.8 Å². The molecule has 3 heteroatoms. The topological polar surface area (TPSA) is 40.5 Å². The molecular weight excluding hydrogens is 202 g/mol. The Morgan fingerprint density at radius 2 is 2.06 bits per heavy atom. The Balaban J connectivity index is 2.82. The molecule has 3 nitrogen and oxygen atoms in total. The van der Waals surface area contributed by atoms with Crippen molar-refractivity contribution in [1.29, 1.82) is 0 Å². The molecule has 0 spiro atoms. The minimum Gasteiger partial charge on any atom is -0.507 e. The number of rotatable bonds is 4. The van der Waals surface area contributed by atoms with E-state index in [1.165, 1.54) is 6.07 Å². The molecule has 1 aromatic carbocycles. The normalized spacial score (nSPS) is 12.2. The van der Waals surface area contributed by atoms with E-state index in [4.69, 9.17) is 0 Å². The van der Waals surface area contributed by atoms with Gasteiger partial charge >= 0.3 is 0 Å². The molecule has 1 amide bonds. The highest BCUT2D eigenvalue weighted by molar-refractivity contribution is 5.96. The van der Waals surface area contributed by atoms with Gasteiger partial charge in [0, 0.05) is 13.1 Å². The van der Waals surface area contributed by atoms with Crippen LogP contribution in [0.2, 0.25) is 0 Å². The SMILES string of the molecule is CCCC(C)N(C)C(=O)c1ccccc1O. The van der Waals surface area contributed by atoms with Crippen molar-refractivity contribution in [3.63, 3.8) is 0 Å². The van der Waals surface area contributed by atoms with Gasteiger partial charge in [0.05, 0.1) is 5.56 Å². The number of hydrogen-bond acceptors (Lipinski definition) is 2. The number of carbonyl (C=O) groups is 1. The molecule has 0 aliphatic rings. The number of benzene rings is 1. The summed E-state index contributed by atoms with van der Waals surface area (Å²) in [5, 5.41) is 9.59. The molecule has 0 aliphatic carbocycles. The summed E-state index contributed by atoms with van der Waals surface area (Å²) in [6.45, 7) is 4.11. The summed E-state index contributed by atoms with van der Waals surface area (Å²) in [6, 6.07) is 6.84. The molecule has 0 aliphatic heterocycles. The first kappa shape index (κ1) is 12.6. The van der Waals surface area contributed by atoms with E-state index in [1.807, 2.05) is 6.92 Å². The first-order chi connectivity index (χ1) is 7.57. The molecule has 0 saturated heterocycles.